The van der Waals surface area contributed by atoms with Crippen LogP contribution in [0.5, 0.6) is 11.5 Å². The number of ether oxygens (including phenoxy) is 1. The highest BCUT2D eigenvalue weighted by atomic mass is 79.9. The minimum Gasteiger partial charge on any atom is -0.454 e. The molecule has 88 valence electrons. The quantitative estimate of drug-likeness (QED) is 0.733. The monoisotopic (exact) mass is 302 g/mol. The molecule has 0 radical (unpaired) electrons. The van der Waals surface area contributed by atoms with E-state index in [0.29, 0.717) is 4.47 Å². The van der Waals surface area contributed by atoms with Gasteiger partial charge in [-0.05, 0) is 24.3 Å². The Hall–Kier alpha value is -1.49. The standard InChI is InChI=1S/C12H6BrF3O/c13-7-4-10(15)12(16)11(5-7)17-9-3-1-2-8(14)6-9/h1-6H. The lowest BCUT2D eigenvalue weighted by Crippen LogP contribution is -1.92. The summed E-state index contributed by atoms with van der Waals surface area (Å²) in [6, 6.07) is 7.41. The van der Waals surface area contributed by atoms with Crippen LogP contribution in [-0.2, 0) is 0 Å². The molecule has 2 aromatic rings. The van der Waals surface area contributed by atoms with Gasteiger partial charge in [-0.15, -0.1) is 0 Å². The van der Waals surface area contributed by atoms with Crippen LogP contribution in [0.25, 0.3) is 0 Å². The molecule has 0 aliphatic carbocycles. The number of hydrogen-bond acceptors (Lipinski definition) is 1. The van der Waals surface area contributed by atoms with Crippen LogP contribution < -0.4 is 4.74 Å². The Morgan fingerprint density at radius 3 is 2.47 bits per heavy atom. The van der Waals surface area contributed by atoms with Crippen LogP contribution in [0.15, 0.2) is 40.9 Å². The van der Waals surface area contributed by atoms with Crippen molar-refractivity contribution in [1.82, 2.24) is 0 Å². The summed E-state index contributed by atoms with van der Waals surface area (Å²) in [7, 11) is 0. The fraction of sp³-hybridized carbons (Fsp3) is 0. The summed E-state index contributed by atoms with van der Waals surface area (Å²) >= 11 is 3.01. The predicted molar refractivity (Wildman–Crippen MR) is 60.5 cm³/mol. The van der Waals surface area contributed by atoms with E-state index in [1.54, 1.807) is 0 Å². The third-order valence-electron chi connectivity index (χ3n) is 1.98. The van der Waals surface area contributed by atoms with E-state index in [1.165, 1.54) is 24.3 Å². The van der Waals surface area contributed by atoms with Gasteiger partial charge in [0.1, 0.15) is 11.6 Å². The molecule has 0 bridgehead atoms. The third-order valence-corrected chi connectivity index (χ3v) is 2.44. The first-order chi connectivity index (χ1) is 8.06. The number of hydrogen-bond donors (Lipinski definition) is 0. The number of rotatable bonds is 2. The molecule has 0 aliphatic rings. The van der Waals surface area contributed by atoms with Crippen molar-refractivity contribution < 1.29 is 17.9 Å². The van der Waals surface area contributed by atoms with E-state index < -0.39 is 17.5 Å². The van der Waals surface area contributed by atoms with E-state index in [4.69, 9.17) is 4.74 Å². The summed E-state index contributed by atoms with van der Waals surface area (Å²) in [5.74, 6) is -2.87. The zero-order chi connectivity index (χ0) is 12.4. The lowest BCUT2D eigenvalue weighted by Gasteiger charge is -2.07. The molecule has 0 fully saturated rings. The Morgan fingerprint density at radius 2 is 1.76 bits per heavy atom. The molecule has 0 spiro atoms. The Bertz CT molecular complexity index is 557. The van der Waals surface area contributed by atoms with Crippen molar-refractivity contribution in [2.45, 2.75) is 0 Å². The van der Waals surface area contributed by atoms with Crippen LogP contribution >= 0.6 is 15.9 Å². The molecule has 5 heteroatoms. The summed E-state index contributed by atoms with van der Waals surface area (Å²) in [5, 5.41) is 0. The first-order valence-corrected chi connectivity index (χ1v) is 5.43. The molecule has 0 unspecified atom stereocenters. The first-order valence-electron chi connectivity index (χ1n) is 4.64. The minimum absolute atomic E-state index is 0.0985. The lowest BCUT2D eigenvalue weighted by atomic mass is 10.3. The second-order valence-corrected chi connectivity index (χ2v) is 4.17. The summed E-state index contributed by atoms with van der Waals surface area (Å²) < 4.78 is 44.7. The van der Waals surface area contributed by atoms with E-state index >= 15 is 0 Å². The van der Waals surface area contributed by atoms with E-state index in [2.05, 4.69) is 15.9 Å². The fourth-order valence-electron chi connectivity index (χ4n) is 1.26. The van der Waals surface area contributed by atoms with Crippen molar-refractivity contribution in [3.63, 3.8) is 0 Å². The Kier molecular flexibility index (Phi) is 3.38. The third kappa shape index (κ3) is 2.79. The van der Waals surface area contributed by atoms with Crippen molar-refractivity contribution in [2.75, 3.05) is 0 Å². The second kappa shape index (κ2) is 4.79. The van der Waals surface area contributed by atoms with E-state index in [9.17, 15) is 13.2 Å². The molecule has 0 heterocycles. The van der Waals surface area contributed by atoms with Crippen molar-refractivity contribution >= 4 is 15.9 Å². The number of halogens is 4. The topological polar surface area (TPSA) is 9.23 Å². The second-order valence-electron chi connectivity index (χ2n) is 3.26. The van der Waals surface area contributed by atoms with Gasteiger partial charge in [0.25, 0.3) is 0 Å². The molecular formula is C12H6BrF3O. The molecule has 1 nitrogen and oxygen atoms in total. The van der Waals surface area contributed by atoms with Gasteiger partial charge in [0, 0.05) is 10.5 Å². The van der Waals surface area contributed by atoms with E-state index in [1.807, 2.05) is 0 Å². The highest BCUT2D eigenvalue weighted by Crippen LogP contribution is 2.29. The normalized spacial score (nSPS) is 10.4. The molecule has 0 aliphatic heterocycles. The van der Waals surface area contributed by atoms with Gasteiger partial charge in [-0.2, -0.15) is 4.39 Å². The summed E-state index contributed by atoms with van der Waals surface area (Å²) in [4.78, 5) is 0. The van der Waals surface area contributed by atoms with Crippen LogP contribution in [0.3, 0.4) is 0 Å². The highest BCUT2D eigenvalue weighted by Gasteiger charge is 2.12. The molecule has 0 aromatic heterocycles. The zero-order valence-electron chi connectivity index (χ0n) is 8.38. The smallest absolute Gasteiger partial charge is 0.201 e. The van der Waals surface area contributed by atoms with Crippen molar-refractivity contribution in [3.05, 3.63) is 58.3 Å². The maximum absolute atomic E-state index is 13.4. The van der Waals surface area contributed by atoms with Gasteiger partial charge < -0.3 is 4.74 Å². The van der Waals surface area contributed by atoms with Gasteiger partial charge in [0.05, 0.1) is 0 Å². The Balaban J connectivity index is 2.36. The molecule has 2 aromatic carbocycles. The molecule has 0 N–H and O–H groups in total. The van der Waals surface area contributed by atoms with Crippen molar-refractivity contribution in [2.24, 2.45) is 0 Å². The Morgan fingerprint density at radius 1 is 1.00 bits per heavy atom. The maximum atomic E-state index is 13.4. The highest BCUT2D eigenvalue weighted by molar-refractivity contribution is 9.10. The van der Waals surface area contributed by atoms with Crippen molar-refractivity contribution in [1.29, 1.82) is 0 Å². The van der Waals surface area contributed by atoms with Crippen LogP contribution in [-0.4, -0.2) is 0 Å². The zero-order valence-corrected chi connectivity index (χ0v) is 9.97. The molecule has 0 saturated carbocycles. The molecule has 0 atom stereocenters. The van der Waals surface area contributed by atoms with Gasteiger partial charge in [0.2, 0.25) is 5.82 Å². The van der Waals surface area contributed by atoms with Crippen LogP contribution in [0.2, 0.25) is 0 Å². The van der Waals surface area contributed by atoms with Gasteiger partial charge in [-0.25, -0.2) is 8.78 Å². The van der Waals surface area contributed by atoms with Crippen molar-refractivity contribution in [3.8, 4) is 11.5 Å². The van der Waals surface area contributed by atoms with Gasteiger partial charge in [-0.3, -0.25) is 0 Å². The number of benzene rings is 2. The Labute approximate surface area is 104 Å². The summed E-state index contributed by atoms with van der Waals surface area (Å²) in [6.45, 7) is 0. The van der Waals surface area contributed by atoms with Crippen LogP contribution in [0.1, 0.15) is 0 Å². The molecule has 0 saturated heterocycles. The summed E-state index contributed by atoms with van der Waals surface area (Å²) in [6.07, 6.45) is 0. The van der Waals surface area contributed by atoms with Crippen LogP contribution in [0, 0.1) is 17.5 Å². The average molecular weight is 303 g/mol. The largest absolute Gasteiger partial charge is 0.454 e. The molecule has 17 heavy (non-hydrogen) atoms. The SMILES string of the molecule is Fc1cccc(Oc2cc(Br)cc(F)c2F)c1. The lowest BCUT2D eigenvalue weighted by molar-refractivity contribution is 0.413. The van der Waals surface area contributed by atoms with Gasteiger partial charge >= 0.3 is 0 Å². The van der Waals surface area contributed by atoms with Gasteiger partial charge in [0.15, 0.2) is 11.6 Å². The van der Waals surface area contributed by atoms with E-state index in [0.717, 1.165) is 12.1 Å². The maximum Gasteiger partial charge on any atom is 0.201 e. The predicted octanol–water partition coefficient (Wildman–Crippen LogP) is 4.66. The fourth-order valence-corrected chi connectivity index (χ4v) is 1.67. The average Bonchev–Trinajstić information content (AvgIpc) is 2.25. The molecule has 0 amide bonds. The summed E-state index contributed by atoms with van der Waals surface area (Å²) in [5.41, 5.74) is 0. The first kappa shape index (κ1) is 12.0. The minimum atomic E-state index is -1.11. The molecule has 2 rings (SSSR count). The van der Waals surface area contributed by atoms with E-state index in [-0.39, 0.29) is 11.5 Å². The molecular weight excluding hydrogens is 297 g/mol. The van der Waals surface area contributed by atoms with Crippen LogP contribution in [0.4, 0.5) is 13.2 Å². The van der Waals surface area contributed by atoms with Gasteiger partial charge in [-0.1, -0.05) is 22.0 Å².